The summed E-state index contributed by atoms with van der Waals surface area (Å²) in [5, 5.41) is 2.88. The number of rotatable bonds is 5. The Kier molecular flexibility index (Phi) is 3.80. The third kappa shape index (κ3) is 3.03. The molecule has 1 saturated carbocycles. The molecule has 128 valence electrons. The van der Waals surface area contributed by atoms with E-state index in [1.165, 1.54) is 7.11 Å². The van der Waals surface area contributed by atoms with Crippen molar-refractivity contribution in [1.29, 1.82) is 0 Å². The van der Waals surface area contributed by atoms with Gasteiger partial charge in [-0.3, -0.25) is 4.79 Å². The molecule has 1 aliphatic rings. The normalized spacial score (nSPS) is 13.7. The van der Waals surface area contributed by atoms with Crippen molar-refractivity contribution >= 4 is 22.7 Å². The lowest BCUT2D eigenvalue weighted by atomic mass is 10.1. The molecular weight excluding hydrogens is 320 g/mol. The Morgan fingerprint density at radius 1 is 1.12 bits per heavy atom. The fourth-order valence-corrected chi connectivity index (χ4v) is 2.71. The van der Waals surface area contributed by atoms with E-state index in [4.69, 9.17) is 13.9 Å². The van der Waals surface area contributed by atoms with Gasteiger partial charge in [0, 0.05) is 17.2 Å². The maximum absolute atomic E-state index is 12.5. The first-order valence-corrected chi connectivity index (χ1v) is 8.12. The number of ether oxygens (including phenoxy) is 2. The highest BCUT2D eigenvalue weighted by Gasteiger charge is 2.28. The van der Waals surface area contributed by atoms with Gasteiger partial charge in [-0.1, -0.05) is 0 Å². The molecule has 0 saturated heterocycles. The zero-order chi connectivity index (χ0) is 17.4. The van der Waals surface area contributed by atoms with E-state index in [-0.39, 0.29) is 5.91 Å². The van der Waals surface area contributed by atoms with Crippen LogP contribution in [0.15, 0.2) is 40.8 Å². The van der Waals surface area contributed by atoms with E-state index < -0.39 is 0 Å². The van der Waals surface area contributed by atoms with Crippen molar-refractivity contribution < 1.29 is 18.7 Å². The summed E-state index contributed by atoms with van der Waals surface area (Å²) in [5.74, 6) is 2.11. The Hall–Kier alpha value is -3.02. The molecule has 1 fully saturated rings. The molecule has 0 unspecified atom stereocenters. The fourth-order valence-electron chi connectivity index (χ4n) is 2.71. The first-order chi connectivity index (χ1) is 12.2. The molecule has 0 bridgehead atoms. The Labute approximate surface area is 144 Å². The van der Waals surface area contributed by atoms with Crippen molar-refractivity contribution in [1.82, 2.24) is 4.98 Å². The number of aromatic nitrogens is 1. The highest BCUT2D eigenvalue weighted by molar-refractivity contribution is 6.05. The third-order valence-electron chi connectivity index (χ3n) is 4.23. The quantitative estimate of drug-likeness (QED) is 0.762. The van der Waals surface area contributed by atoms with E-state index in [1.807, 2.05) is 18.2 Å². The molecule has 6 nitrogen and oxygen atoms in total. The number of amides is 1. The highest BCUT2D eigenvalue weighted by atomic mass is 16.5. The van der Waals surface area contributed by atoms with E-state index in [9.17, 15) is 4.79 Å². The molecule has 25 heavy (non-hydrogen) atoms. The van der Waals surface area contributed by atoms with Crippen LogP contribution < -0.4 is 14.8 Å². The lowest BCUT2D eigenvalue weighted by Crippen LogP contribution is -2.12. The van der Waals surface area contributed by atoms with Gasteiger partial charge in [-0.25, -0.2) is 4.98 Å². The molecule has 0 radical (unpaired) electrons. The van der Waals surface area contributed by atoms with Crippen LogP contribution in [-0.4, -0.2) is 25.1 Å². The summed E-state index contributed by atoms with van der Waals surface area (Å²) in [5.41, 5.74) is 2.65. The smallest absolute Gasteiger partial charge is 0.255 e. The Morgan fingerprint density at radius 2 is 1.92 bits per heavy atom. The molecule has 0 atom stereocenters. The lowest BCUT2D eigenvalue weighted by molar-refractivity contribution is 0.102. The number of benzene rings is 2. The molecule has 2 aromatic carbocycles. The molecule has 4 rings (SSSR count). The van der Waals surface area contributed by atoms with Crippen molar-refractivity contribution in [2.24, 2.45) is 0 Å². The number of methoxy groups -OCH3 is 2. The van der Waals surface area contributed by atoms with Crippen molar-refractivity contribution in [3.8, 4) is 11.5 Å². The van der Waals surface area contributed by atoms with Gasteiger partial charge in [-0.2, -0.15) is 0 Å². The van der Waals surface area contributed by atoms with Gasteiger partial charge in [0.25, 0.3) is 5.91 Å². The van der Waals surface area contributed by atoms with Crippen LogP contribution in [0, 0.1) is 0 Å². The zero-order valence-electron chi connectivity index (χ0n) is 14.0. The van der Waals surface area contributed by atoms with E-state index >= 15 is 0 Å². The number of fused-ring (bicyclic) bond motifs is 1. The van der Waals surface area contributed by atoms with Crippen molar-refractivity contribution in [3.05, 3.63) is 47.9 Å². The van der Waals surface area contributed by atoms with E-state index in [1.54, 1.807) is 25.3 Å². The summed E-state index contributed by atoms with van der Waals surface area (Å²) in [6.07, 6.45) is 2.27. The van der Waals surface area contributed by atoms with Gasteiger partial charge in [-0.15, -0.1) is 0 Å². The summed E-state index contributed by atoms with van der Waals surface area (Å²) < 4.78 is 16.2. The maximum atomic E-state index is 12.5. The fraction of sp³-hybridized carbons (Fsp3) is 0.263. The molecule has 1 aliphatic carbocycles. The van der Waals surface area contributed by atoms with E-state index in [0.29, 0.717) is 28.7 Å². The Balaban J connectivity index is 1.56. The molecule has 1 heterocycles. The van der Waals surface area contributed by atoms with Gasteiger partial charge in [0.15, 0.2) is 23.0 Å². The molecule has 1 aromatic heterocycles. The standard InChI is InChI=1S/C19H18N2O4/c1-23-16-7-5-12(9-17(16)24-2)18(22)20-13-6-8-15-14(10-13)21-19(25-15)11-3-4-11/h5-11H,3-4H2,1-2H3,(H,20,22). The van der Waals surface area contributed by atoms with Gasteiger partial charge in [0.05, 0.1) is 14.2 Å². The monoisotopic (exact) mass is 338 g/mol. The van der Waals surface area contributed by atoms with Gasteiger partial charge < -0.3 is 19.2 Å². The second-order valence-corrected chi connectivity index (χ2v) is 6.03. The number of nitrogens with one attached hydrogen (secondary N) is 1. The van der Waals surface area contributed by atoms with Crippen LogP contribution in [-0.2, 0) is 0 Å². The highest BCUT2D eigenvalue weighted by Crippen LogP contribution is 2.40. The summed E-state index contributed by atoms with van der Waals surface area (Å²) >= 11 is 0. The summed E-state index contributed by atoms with van der Waals surface area (Å²) in [7, 11) is 3.09. The number of hydrogen-bond donors (Lipinski definition) is 1. The molecule has 6 heteroatoms. The molecule has 1 N–H and O–H groups in total. The molecule has 1 amide bonds. The number of oxazole rings is 1. The number of carbonyl (C=O) groups is 1. The molecule has 0 aliphatic heterocycles. The van der Waals surface area contributed by atoms with Crippen molar-refractivity contribution in [3.63, 3.8) is 0 Å². The maximum Gasteiger partial charge on any atom is 0.255 e. The number of nitrogens with zero attached hydrogens (tertiary/aromatic N) is 1. The van der Waals surface area contributed by atoms with Crippen LogP contribution >= 0.6 is 0 Å². The lowest BCUT2D eigenvalue weighted by Gasteiger charge is -2.10. The minimum Gasteiger partial charge on any atom is -0.493 e. The number of hydrogen-bond acceptors (Lipinski definition) is 5. The molecular formula is C19H18N2O4. The summed E-state index contributed by atoms with van der Waals surface area (Å²) in [4.78, 5) is 17.0. The SMILES string of the molecule is COc1ccc(C(=O)Nc2ccc3oc(C4CC4)nc3c2)cc1OC. The van der Waals surface area contributed by atoms with Crippen LogP contribution in [0.5, 0.6) is 11.5 Å². The zero-order valence-corrected chi connectivity index (χ0v) is 14.0. The number of anilines is 1. The summed E-state index contributed by atoms with van der Waals surface area (Å²) in [6.45, 7) is 0. The van der Waals surface area contributed by atoms with Gasteiger partial charge >= 0.3 is 0 Å². The Bertz CT molecular complexity index is 944. The van der Waals surface area contributed by atoms with Crippen LogP contribution in [0.1, 0.15) is 35.0 Å². The molecule has 0 spiro atoms. The van der Waals surface area contributed by atoms with Crippen molar-refractivity contribution in [2.45, 2.75) is 18.8 Å². The number of carbonyl (C=O) groups excluding carboxylic acids is 1. The van der Waals surface area contributed by atoms with Gasteiger partial charge in [0.1, 0.15) is 5.52 Å². The van der Waals surface area contributed by atoms with Crippen LogP contribution in [0.2, 0.25) is 0 Å². The Morgan fingerprint density at radius 3 is 2.64 bits per heavy atom. The van der Waals surface area contributed by atoms with Gasteiger partial charge in [0.2, 0.25) is 0 Å². The average molecular weight is 338 g/mol. The predicted molar refractivity (Wildman–Crippen MR) is 93.5 cm³/mol. The minimum absolute atomic E-state index is 0.230. The minimum atomic E-state index is -0.230. The summed E-state index contributed by atoms with van der Waals surface area (Å²) in [6, 6.07) is 10.5. The van der Waals surface area contributed by atoms with E-state index in [0.717, 1.165) is 29.8 Å². The topological polar surface area (TPSA) is 73.6 Å². The second kappa shape index (κ2) is 6.12. The first-order valence-electron chi connectivity index (χ1n) is 8.12. The predicted octanol–water partition coefficient (Wildman–Crippen LogP) is 3.97. The van der Waals surface area contributed by atoms with Crippen LogP contribution in [0.3, 0.4) is 0 Å². The molecule has 3 aromatic rings. The second-order valence-electron chi connectivity index (χ2n) is 6.03. The average Bonchev–Trinajstić information content (AvgIpc) is 3.40. The first kappa shape index (κ1) is 15.5. The van der Waals surface area contributed by atoms with E-state index in [2.05, 4.69) is 10.3 Å². The third-order valence-corrected chi connectivity index (χ3v) is 4.23. The van der Waals surface area contributed by atoms with Crippen LogP contribution in [0.4, 0.5) is 5.69 Å². The van der Waals surface area contributed by atoms with Crippen LogP contribution in [0.25, 0.3) is 11.1 Å². The van der Waals surface area contributed by atoms with Gasteiger partial charge in [-0.05, 0) is 49.2 Å². The van der Waals surface area contributed by atoms with Crippen molar-refractivity contribution in [2.75, 3.05) is 19.5 Å². The largest absolute Gasteiger partial charge is 0.493 e.